The summed E-state index contributed by atoms with van der Waals surface area (Å²) in [6.07, 6.45) is 0. The van der Waals surface area contributed by atoms with Gasteiger partial charge in [-0.3, -0.25) is 0 Å². The zero-order valence-electron chi connectivity index (χ0n) is 8.46. The summed E-state index contributed by atoms with van der Waals surface area (Å²) >= 11 is 5.20. The first-order valence-electron chi connectivity index (χ1n) is 4.65. The van der Waals surface area contributed by atoms with Crippen molar-refractivity contribution in [3.8, 4) is 0 Å². The summed E-state index contributed by atoms with van der Waals surface area (Å²) in [6.45, 7) is 4.51. The second-order valence-corrected chi connectivity index (χ2v) is 5.59. The van der Waals surface area contributed by atoms with Gasteiger partial charge in [0.05, 0.1) is 6.61 Å². The lowest BCUT2D eigenvalue weighted by atomic mass is 10.2. The van der Waals surface area contributed by atoms with Crippen LogP contribution in [0.15, 0.2) is 27.6 Å². The van der Waals surface area contributed by atoms with Crippen LogP contribution in [-0.2, 0) is 6.61 Å². The second-order valence-electron chi connectivity index (χ2n) is 3.62. The molecule has 0 heterocycles. The van der Waals surface area contributed by atoms with Gasteiger partial charge in [-0.05, 0) is 29.7 Å². The molecule has 0 radical (unpaired) electrons. The van der Waals surface area contributed by atoms with Gasteiger partial charge < -0.3 is 5.11 Å². The Morgan fingerprint density at radius 1 is 1.43 bits per heavy atom. The van der Waals surface area contributed by atoms with Crippen molar-refractivity contribution in [2.24, 2.45) is 5.92 Å². The van der Waals surface area contributed by atoms with Crippen molar-refractivity contribution in [1.82, 2.24) is 0 Å². The van der Waals surface area contributed by atoms with Crippen LogP contribution in [0.3, 0.4) is 0 Å². The third-order valence-electron chi connectivity index (χ3n) is 1.77. The number of rotatable bonds is 4. The molecule has 0 fully saturated rings. The Morgan fingerprint density at radius 2 is 2.14 bits per heavy atom. The van der Waals surface area contributed by atoms with E-state index in [-0.39, 0.29) is 6.61 Å². The molecule has 1 aromatic rings. The first-order valence-corrected chi connectivity index (χ1v) is 6.43. The highest BCUT2D eigenvalue weighted by Crippen LogP contribution is 2.27. The van der Waals surface area contributed by atoms with E-state index in [1.165, 1.54) is 4.90 Å². The average Bonchev–Trinajstić information content (AvgIpc) is 2.15. The Balaban J connectivity index is 2.75. The molecule has 0 aliphatic heterocycles. The lowest BCUT2D eigenvalue weighted by Gasteiger charge is -2.09. The Kier molecular flexibility index (Phi) is 4.99. The number of thioether (sulfide) groups is 1. The molecule has 0 saturated carbocycles. The molecule has 1 nitrogen and oxygen atoms in total. The van der Waals surface area contributed by atoms with Gasteiger partial charge in [-0.1, -0.05) is 29.8 Å². The van der Waals surface area contributed by atoms with E-state index in [9.17, 15) is 5.11 Å². The Bertz CT molecular complexity index is 299. The molecule has 1 aromatic carbocycles. The second kappa shape index (κ2) is 5.79. The van der Waals surface area contributed by atoms with Gasteiger partial charge in [0, 0.05) is 15.1 Å². The molecular weight excluding hydrogens is 260 g/mol. The minimum Gasteiger partial charge on any atom is -0.392 e. The van der Waals surface area contributed by atoms with E-state index in [4.69, 9.17) is 0 Å². The van der Waals surface area contributed by atoms with Crippen molar-refractivity contribution >= 4 is 27.7 Å². The van der Waals surface area contributed by atoms with Crippen LogP contribution in [0.25, 0.3) is 0 Å². The third-order valence-corrected chi connectivity index (χ3v) is 3.80. The van der Waals surface area contributed by atoms with Crippen molar-refractivity contribution < 1.29 is 5.11 Å². The Labute approximate surface area is 98.0 Å². The number of aliphatic hydroxyl groups excluding tert-OH is 1. The summed E-state index contributed by atoms with van der Waals surface area (Å²) in [5, 5.41) is 9.17. The molecule has 0 aromatic heterocycles. The smallest absolute Gasteiger partial charge is 0.0693 e. The van der Waals surface area contributed by atoms with Crippen LogP contribution in [0.2, 0.25) is 0 Å². The Hall–Kier alpha value is 0.01000. The van der Waals surface area contributed by atoms with Crippen LogP contribution in [0.4, 0.5) is 0 Å². The van der Waals surface area contributed by atoms with Crippen LogP contribution in [0.5, 0.6) is 0 Å². The topological polar surface area (TPSA) is 20.2 Å². The number of hydrogen-bond acceptors (Lipinski definition) is 2. The van der Waals surface area contributed by atoms with Gasteiger partial charge >= 0.3 is 0 Å². The van der Waals surface area contributed by atoms with Crippen molar-refractivity contribution in [1.29, 1.82) is 0 Å². The number of benzene rings is 1. The molecule has 1 N–H and O–H groups in total. The highest BCUT2D eigenvalue weighted by Gasteiger charge is 2.04. The van der Waals surface area contributed by atoms with Crippen LogP contribution in [0, 0.1) is 5.92 Å². The summed E-state index contributed by atoms with van der Waals surface area (Å²) in [6, 6.07) is 6.05. The maximum atomic E-state index is 9.17. The third kappa shape index (κ3) is 3.64. The van der Waals surface area contributed by atoms with E-state index in [0.29, 0.717) is 5.92 Å². The SMILES string of the molecule is CC(C)CSc1ccc(Br)cc1CO. The molecule has 3 heteroatoms. The number of hydrogen-bond donors (Lipinski definition) is 1. The monoisotopic (exact) mass is 274 g/mol. The molecule has 0 atom stereocenters. The van der Waals surface area contributed by atoms with Gasteiger partial charge in [0.1, 0.15) is 0 Å². The van der Waals surface area contributed by atoms with Gasteiger partial charge in [0.25, 0.3) is 0 Å². The van der Waals surface area contributed by atoms with Crippen LogP contribution < -0.4 is 0 Å². The fourth-order valence-corrected chi connectivity index (χ4v) is 2.46. The predicted octanol–water partition coefficient (Wildman–Crippen LogP) is 3.69. The highest BCUT2D eigenvalue weighted by atomic mass is 79.9. The van der Waals surface area contributed by atoms with Crippen LogP contribution in [-0.4, -0.2) is 10.9 Å². The van der Waals surface area contributed by atoms with E-state index < -0.39 is 0 Å². The fourth-order valence-electron chi connectivity index (χ4n) is 1.07. The van der Waals surface area contributed by atoms with Crippen molar-refractivity contribution in [2.75, 3.05) is 5.75 Å². The molecule has 0 aliphatic rings. The molecule has 0 amide bonds. The van der Waals surface area contributed by atoms with Crippen molar-refractivity contribution in [2.45, 2.75) is 25.3 Å². The summed E-state index contributed by atoms with van der Waals surface area (Å²) < 4.78 is 1.02. The lowest BCUT2D eigenvalue weighted by Crippen LogP contribution is -1.93. The van der Waals surface area contributed by atoms with Gasteiger partial charge in [-0.15, -0.1) is 11.8 Å². The first-order chi connectivity index (χ1) is 6.63. The quantitative estimate of drug-likeness (QED) is 0.846. The van der Waals surface area contributed by atoms with E-state index in [0.717, 1.165) is 15.8 Å². The minimum atomic E-state index is 0.111. The number of aliphatic hydroxyl groups is 1. The van der Waals surface area contributed by atoms with E-state index in [1.807, 2.05) is 23.9 Å². The summed E-state index contributed by atoms with van der Waals surface area (Å²) in [5.41, 5.74) is 1.00. The lowest BCUT2D eigenvalue weighted by molar-refractivity contribution is 0.279. The summed E-state index contributed by atoms with van der Waals surface area (Å²) in [5.74, 6) is 1.77. The summed E-state index contributed by atoms with van der Waals surface area (Å²) in [4.78, 5) is 1.18. The standard InChI is InChI=1S/C11H15BrOS/c1-8(2)7-14-11-4-3-10(12)5-9(11)6-13/h3-5,8,13H,6-7H2,1-2H3. The normalized spacial score (nSPS) is 10.9. The minimum absolute atomic E-state index is 0.111. The largest absolute Gasteiger partial charge is 0.392 e. The molecule has 78 valence electrons. The van der Waals surface area contributed by atoms with E-state index >= 15 is 0 Å². The van der Waals surface area contributed by atoms with Gasteiger partial charge in [-0.25, -0.2) is 0 Å². The van der Waals surface area contributed by atoms with Crippen LogP contribution >= 0.6 is 27.7 Å². The highest BCUT2D eigenvalue weighted by molar-refractivity contribution is 9.10. The molecule has 0 spiro atoms. The zero-order valence-corrected chi connectivity index (χ0v) is 10.9. The molecule has 0 aliphatic carbocycles. The zero-order chi connectivity index (χ0) is 10.6. The molecular formula is C11H15BrOS. The maximum Gasteiger partial charge on any atom is 0.0693 e. The number of halogens is 1. The van der Waals surface area contributed by atoms with Gasteiger partial charge in [-0.2, -0.15) is 0 Å². The molecule has 0 saturated heterocycles. The van der Waals surface area contributed by atoms with Crippen LogP contribution in [0.1, 0.15) is 19.4 Å². The van der Waals surface area contributed by atoms with Gasteiger partial charge in [0.15, 0.2) is 0 Å². The first kappa shape index (κ1) is 12.1. The van der Waals surface area contributed by atoms with E-state index in [1.54, 1.807) is 0 Å². The predicted molar refractivity (Wildman–Crippen MR) is 65.6 cm³/mol. The fraction of sp³-hybridized carbons (Fsp3) is 0.455. The van der Waals surface area contributed by atoms with Crippen molar-refractivity contribution in [3.63, 3.8) is 0 Å². The average molecular weight is 275 g/mol. The van der Waals surface area contributed by atoms with Crippen molar-refractivity contribution in [3.05, 3.63) is 28.2 Å². The molecule has 0 bridgehead atoms. The summed E-state index contributed by atoms with van der Waals surface area (Å²) in [7, 11) is 0. The maximum absolute atomic E-state index is 9.17. The Morgan fingerprint density at radius 3 is 2.71 bits per heavy atom. The molecule has 0 unspecified atom stereocenters. The molecule has 14 heavy (non-hydrogen) atoms. The van der Waals surface area contributed by atoms with E-state index in [2.05, 4.69) is 35.8 Å². The molecule has 1 rings (SSSR count). The van der Waals surface area contributed by atoms with Gasteiger partial charge in [0.2, 0.25) is 0 Å².